The first-order valence-corrected chi connectivity index (χ1v) is 8.12. The fourth-order valence-electron chi connectivity index (χ4n) is 2.58. The lowest BCUT2D eigenvalue weighted by Gasteiger charge is -2.31. The number of sulfonamides is 1. The molecule has 1 aliphatic heterocycles. The minimum atomic E-state index is -3.86. The molecular formula is C14H17FN2O3S. The fraction of sp³-hybridized carbons (Fsp3) is 0.500. The van der Waals surface area contributed by atoms with Crippen LogP contribution in [0.3, 0.4) is 0 Å². The van der Waals surface area contributed by atoms with E-state index in [1.165, 1.54) is 16.4 Å². The number of piperidine rings is 1. The second-order valence-corrected chi connectivity index (χ2v) is 6.96. The number of benzene rings is 1. The Morgan fingerprint density at radius 3 is 2.95 bits per heavy atom. The van der Waals surface area contributed by atoms with Crippen molar-refractivity contribution in [2.45, 2.75) is 17.7 Å². The average Bonchev–Trinajstić information content (AvgIpc) is 2.47. The van der Waals surface area contributed by atoms with Crippen molar-refractivity contribution < 1.29 is 17.5 Å². The molecule has 0 N–H and O–H groups in total. The van der Waals surface area contributed by atoms with Crippen molar-refractivity contribution in [3.8, 4) is 6.07 Å². The molecule has 2 rings (SSSR count). The van der Waals surface area contributed by atoms with Crippen molar-refractivity contribution in [2.24, 2.45) is 5.92 Å². The molecule has 21 heavy (non-hydrogen) atoms. The molecule has 0 radical (unpaired) electrons. The van der Waals surface area contributed by atoms with Crippen LogP contribution in [0, 0.1) is 23.1 Å². The summed E-state index contributed by atoms with van der Waals surface area (Å²) in [6, 6.07) is 5.30. The molecule has 1 aromatic carbocycles. The van der Waals surface area contributed by atoms with Crippen LogP contribution in [0.2, 0.25) is 0 Å². The van der Waals surface area contributed by atoms with Gasteiger partial charge in [0.05, 0.1) is 6.61 Å². The van der Waals surface area contributed by atoms with Crippen molar-refractivity contribution in [1.82, 2.24) is 4.31 Å². The Hall–Kier alpha value is -1.49. The van der Waals surface area contributed by atoms with Gasteiger partial charge in [0.25, 0.3) is 0 Å². The second-order valence-electron chi connectivity index (χ2n) is 5.05. The summed E-state index contributed by atoms with van der Waals surface area (Å²) in [5.74, 6) is -0.693. The molecule has 0 aromatic heterocycles. The van der Waals surface area contributed by atoms with Crippen molar-refractivity contribution >= 4 is 10.0 Å². The van der Waals surface area contributed by atoms with E-state index in [0.29, 0.717) is 19.7 Å². The molecule has 0 spiro atoms. The SMILES string of the molecule is COCC1CCCN(S(=O)(=O)c2cccc(F)c2C#N)C1. The summed E-state index contributed by atoms with van der Waals surface area (Å²) < 4.78 is 45.3. The van der Waals surface area contributed by atoms with Crippen LogP contribution in [-0.2, 0) is 14.8 Å². The standard InChI is InChI=1S/C14H17FN2O3S/c1-20-10-11-4-3-7-17(9-11)21(18,19)14-6-2-5-13(15)12(14)8-16/h2,5-6,11H,3-4,7,9-10H2,1H3. The van der Waals surface area contributed by atoms with E-state index in [9.17, 15) is 12.8 Å². The quantitative estimate of drug-likeness (QED) is 0.849. The normalized spacial score (nSPS) is 20.1. The number of halogens is 1. The minimum absolute atomic E-state index is 0.123. The number of nitrogens with zero attached hydrogens (tertiary/aromatic N) is 2. The molecule has 114 valence electrons. The Balaban J connectivity index is 2.34. The van der Waals surface area contributed by atoms with Crippen LogP contribution in [0.25, 0.3) is 0 Å². The highest BCUT2D eigenvalue weighted by Crippen LogP contribution is 2.26. The molecule has 1 aliphatic rings. The lowest BCUT2D eigenvalue weighted by atomic mass is 10.0. The topological polar surface area (TPSA) is 70.4 Å². The highest BCUT2D eigenvalue weighted by molar-refractivity contribution is 7.89. The fourth-order valence-corrected chi connectivity index (χ4v) is 4.29. The van der Waals surface area contributed by atoms with Gasteiger partial charge in [-0.05, 0) is 30.9 Å². The molecule has 5 nitrogen and oxygen atoms in total. The third-order valence-corrected chi connectivity index (χ3v) is 5.50. The zero-order valence-electron chi connectivity index (χ0n) is 11.8. The number of hydrogen-bond donors (Lipinski definition) is 0. The Bertz CT molecular complexity index is 653. The summed E-state index contributed by atoms with van der Waals surface area (Å²) >= 11 is 0. The summed E-state index contributed by atoms with van der Waals surface area (Å²) in [4.78, 5) is -0.261. The summed E-state index contributed by atoms with van der Waals surface area (Å²) in [5.41, 5.74) is -0.425. The molecule has 0 aliphatic carbocycles. The van der Waals surface area contributed by atoms with Crippen LogP contribution < -0.4 is 0 Å². The van der Waals surface area contributed by atoms with E-state index in [-0.39, 0.29) is 10.8 Å². The third kappa shape index (κ3) is 3.23. The van der Waals surface area contributed by atoms with E-state index >= 15 is 0 Å². The number of methoxy groups -OCH3 is 1. The van der Waals surface area contributed by atoms with Crippen molar-refractivity contribution in [2.75, 3.05) is 26.8 Å². The summed E-state index contributed by atoms with van der Waals surface area (Å²) in [6.07, 6.45) is 1.62. The van der Waals surface area contributed by atoms with Gasteiger partial charge in [0.15, 0.2) is 0 Å². The van der Waals surface area contributed by atoms with E-state index in [4.69, 9.17) is 10.00 Å². The van der Waals surface area contributed by atoms with E-state index in [1.54, 1.807) is 13.2 Å². The maximum atomic E-state index is 13.6. The Labute approximate surface area is 124 Å². The Morgan fingerprint density at radius 2 is 2.29 bits per heavy atom. The molecule has 0 saturated carbocycles. The molecular weight excluding hydrogens is 295 g/mol. The number of nitriles is 1. The first-order chi connectivity index (χ1) is 10.0. The van der Waals surface area contributed by atoms with Crippen molar-refractivity contribution in [3.05, 3.63) is 29.6 Å². The molecule has 1 aromatic rings. The van der Waals surface area contributed by atoms with Crippen LogP contribution in [0.15, 0.2) is 23.1 Å². The van der Waals surface area contributed by atoms with Gasteiger partial charge in [-0.1, -0.05) is 6.07 Å². The monoisotopic (exact) mass is 312 g/mol. The number of hydrogen-bond acceptors (Lipinski definition) is 4. The van der Waals surface area contributed by atoms with Gasteiger partial charge in [-0.15, -0.1) is 0 Å². The van der Waals surface area contributed by atoms with Crippen molar-refractivity contribution in [1.29, 1.82) is 5.26 Å². The molecule has 1 atom stereocenters. The first kappa shape index (κ1) is 15.9. The van der Waals surface area contributed by atoms with Crippen LogP contribution in [0.5, 0.6) is 0 Å². The molecule has 1 saturated heterocycles. The van der Waals surface area contributed by atoms with Gasteiger partial charge in [-0.2, -0.15) is 9.57 Å². The highest BCUT2D eigenvalue weighted by atomic mass is 32.2. The lowest BCUT2D eigenvalue weighted by molar-refractivity contribution is 0.118. The van der Waals surface area contributed by atoms with Crippen LogP contribution in [-0.4, -0.2) is 39.5 Å². The van der Waals surface area contributed by atoms with Gasteiger partial charge >= 0.3 is 0 Å². The summed E-state index contributed by atoms with van der Waals surface area (Å²) in [6.45, 7) is 1.20. The lowest BCUT2D eigenvalue weighted by Crippen LogP contribution is -2.41. The van der Waals surface area contributed by atoms with E-state index < -0.39 is 21.4 Å². The molecule has 1 fully saturated rings. The minimum Gasteiger partial charge on any atom is -0.384 e. The maximum absolute atomic E-state index is 13.6. The van der Waals surface area contributed by atoms with Gasteiger partial charge in [-0.3, -0.25) is 0 Å². The van der Waals surface area contributed by atoms with E-state index in [0.717, 1.165) is 18.9 Å². The summed E-state index contributed by atoms with van der Waals surface area (Å²) in [5, 5.41) is 9.00. The predicted octanol–water partition coefficient (Wildman–Crippen LogP) is 1.74. The average molecular weight is 312 g/mol. The molecule has 0 amide bonds. The van der Waals surface area contributed by atoms with Gasteiger partial charge in [0, 0.05) is 20.2 Å². The predicted molar refractivity (Wildman–Crippen MR) is 74.5 cm³/mol. The van der Waals surface area contributed by atoms with Crippen LogP contribution in [0.4, 0.5) is 4.39 Å². The maximum Gasteiger partial charge on any atom is 0.244 e. The highest BCUT2D eigenvalue weighted by Gasteiger charge is 2.32. The smallest absolute Gasteiger partial charge is 0.244 e. The Morgan fingerprint density at radius 1 is 1.52 bits per heavy atom. The van der Waals surface area contributed by atoms with E-state index in [1.807, 2.05) is 0 Å². The van der Waals surface area contributed by atoms with Crippen LogP contribution >= 0.6 is 0 Å². The molecule has 1 unspecified atom stereocenters. The zero-order valence-corrected chi connectivity index (χ0v) is 12.6. The van der Waals surface area contributed by atoms with Crippen molar-refractivity contribution in [3.63, 3.8) is 0 Å². The van der Waals surface area contributed by atoms with Crippen LogP contribution in [0.1, 0.15) is 18.4 Å². The van der Waals surface area contributed by atoms with E-state index in [2.05, 4.69) is 0 Å². The van der Waals surface area contributed by atoms with Gasteiger partial charge in [-0.25, -0.2) is 12.8 Å². The molecule has 1 heterocycles. The third-order valence-electron chi connectivity index (χ3n) is 3.59. The summed E-state index contributed by atoms with van der Waals surface area (Å²) in [7, 11) is -2.29. The molecule has 0 bridgehead atoms. The largest absolute Gasteiger partial charge is 0.384 e. The first-order valence-electron chi connectivity index (χ1n) is 6.68. The van der Waals surface area contributed by atoms with Gasteiger partial charge in [0.1, 0.15) is 22.3 Å². The van der Waals surface area contributed by atoms with Gasteiger partial charge in [0.2, 0.25) is 10.0 Å². The number of rotatable bonds is 4. The number of ether oxygens (including phenoxy) is 1. The Kier molecular flexibility index (Phi) is 4.93. The zero-order chi connectivity index (χ0) is 15.5. The van der Waals surface area contributed by atoms with Gasteiger partial charge < -0.3 is 4.74 Å². The second kappa shape index (κ2) is 6.52. The molecule has 7 heteroatoms.